The number of amides is 3. The number of imidazole rings is 1. The van der Waals surface area contributed by atoms with E-state index < -0.39 is 30.7 Å². The lowest BCUT2D eigenvalue weighted by molar-refractivity contribution is -0.149. The highest BCUT2D eigenvalue weighted by Gasteiger charge is 2.47. The SMILES string of the molecule is Cc1nonc1C(=O)NC(c1cn2ncc(CN3C[C@@H](C(F)(F)F)NC3=O)cc2n1)[C@H]1C[C@H]2CCC[C@H]2C1. The number of carbonyl (C=O) groups is 2. The Bertz CT molecular complexity index is 1360. The Labute approximate surface area is 215 Å². The molecule has 1 saturated heterocycles. The Balaban J connectivity index is 1.25. The number of rotatable bonds is 6. The molecule has 1 aliphatic heterocycles. The van der Waals surface area contributed by atoms with E-state index in [2.05, 4.69) is 20.7 Å². The van der Waals surface area contributed by atoms with Gasteiger partial charge in [-0.1, -0.05) is 24.4 Å². The minimum absolute atomic E-state index is 0.0330. The van der Waals surface area contributed by atoms with Crippen molar-refractivity contribution in [2.75, 3.05) is 6.54 Å². The number of aromatic nitrogens is 5. The molecule has 0 aromatic carbocycles. The van der Waals surface area contributed by atoms with Crippen LogP contribution in [0.3, 0.4) is 0 Å². The molecule has 2 aliphatic carbocycles. The van der Waals surface area contributed by atoms with Crippen molar-refractivity contribution in [1.29, 1.82) is 0 Å². The number of aryl methyl sites for hydroxylation is 1. The van der Waals surface area contributed by atoms with E-state index in [4.69, 9.17) is 9.61 Å². The predicted molar refractivity (Wildman–Crippen MR) is 125 cm³/mol. The van der Waals surface area contributed by atoms with Gasteiger partial charge in [-0.25, -0.2) is 18.9 Å². The summed E-state index contributed by atoms with van der Waals surface area (Å²) in [6.07, 6.45) is 4.36. The van der Waals surface area contributed by atoms with Crippen LogP contribution in [0.5, 0.6) is 0 Å². The second kappa shape index (κ2) is 9.24. The zero-order chi connectivity index (χ0) is 26.6. The lowest BCUT2D eigenvalue weighted by Gasteiger charge is -2.23. The molecule has 11 nitrogen and oxygen atoms in total. The normalized spacial score (nSPS) is 26.1. The molecule has 3 aliphatic rings. The van der Waals surface area contributed by atoms with Gasteiger partial charge in [-0.2, -0.15) is 18.3 Å². The van der Waals surface area contributed by atoms with Crippen molar-refractivity contribution < 1.29 is 27.4 Å². The van der Waals surface area contributed by atoms with Crippen molar-refractivity contribution in [2.45, 2.75) is 63.8 Å². The van der Waals surface area contributed by atoms with Crippen molar-refractivity contribution in [1.82, 2.24) is 40.4 Å². The Morgan fingerprint density at radius 3 is 2.68 bits per heavy atom. The van der Waals surface area contributed by atoms with E-state index in [1.165, 1.54) is 25.5 Å². The average Bonchev–Trinajstić information content (AvgIpc) is 3.66. The number of hydrogen-bond donors (Lipinski definition) is 2. The van der Waals surface area contributed by atoms with E-state index in [0.717, 1.165) is 17.7 Å². The van der Waals surface area contributed by atoms with Gasteiger partial charge in [-0.05, 0) is 54.3 Å². The first kappa shape index (κ1) is 24.6. The van der Waals surface area contributed by atoms with E-state index in [0.29, 0.717) is 34.4 Å². The van der Waals surface area contributed by atoms with E-state index >= 15 is 0 Å². The number of alkyl halides is 3. The topological polar surface area (TPSA) is 131 Å². The van der Waals surface area contributed by atoms with E-state index in [9.17, 15) is 22.8 Å². The van der Waals surface area contributed by atoms with Gasteiger partial charge in [0.1, 0.15) is 11.7 Å². The second-order valence-corrected chi connectivity index (χ2v) is 10.6. The maximum atomic E-state index is 13.1. The fourth-order valence-electron chi connectivity index (χ4n) is 6.26. The van der Waals surface area contributed by atoms with Crippen molar-refractivity contribution in [3.8, 4) is 0 Å². The number of nitrogens with zero attached hydrogens (tertiary/aromatic N) is 6. The maximum absolute atomic E-state index is 13.1. The van der Waals surface area contributed by atoms with Gasteiger partial charge in [-0.15, -0.1) is 0 Å². The molecule has 5 atom stereocenters. The van der Waals surface area contributed by atoms with Crippen molar-refractivity contribution in [3.63, 3.8) is 0 Å². The molecule has 3 amide bonds. The van der Waals surface area contributed by atoms with Crippen LogP contribution in [0.4, 0.5) is 18.0 Å². The Kier molecular flexibility index (Phi) is 5.99. The molecule has 202 valence electrons. The maximum Gasteiger partial charge on any atom is 0.410 e. The summed E-state index contributed by atoms with van der Waals surface area (Å²) in [5.74, 6) is 1.08. The second-order valence-electron chi connectivity index (χ2n) is 10.6. The molecule has 0 bridgehead atoms. The standard InChI is InChI=1S/C24H27F3N8O3/c1-12-20(33-38-32-12)22(36)31-21(16-6-14-3-2-4-15(14)7-16)17-10-35-19(29-17)5-13(8-28-35)9-34-11-18(24(25,26)27)30-23(34)37/h5,8,10,14-16,18,21H,2-4,6-7,9,11H2,1H3,(H,30,37)(H,31,36)/t14-,15+,16+,18-,21?/m0/s1. The molecule has 6 rings (SSSR count). The smallest absolute Gasteiger partial charge is 0.342 e. The van der Waals surface area contributed by atoms with Crippen LogP contribution in [0.2, 0.25) is 0 Å². The summed E-state index contributed by atoms with van der Waals surface area (Å²) >= 11 is 0. The first-order valence-electron chi connectivity index (χ1n) is 12.7. The highest BCUT2D eigenvalue weighted by atomic mass is 19.4. The van der Waals surface area contributed by atoms with Gasteiger partial charge in [-0.3, -0.25) is 4.79 Å². The minimum Gasteiger partial charge on any atom is -0.342 e. The number of nitrogens with one attached hydrogen (secondary N) is 2. The van der Waals surface area contributed by atoms with Crippen LogP contribution in [-0.4, -0.2) is 60.5 Å². The third-order valence-corrected chi connectivity index (χ3v) is 8.12. The van der Waals surface area contributed by atoms with Crippen LogP contribution in [0.15, 0.2) is 23.1 Å². The van der Waals surface area contributed by atoms with Crippen molar-refractivity contribution in [2.24, 2.45) is 17.8 Å². The van der Waals surface area contributed by atoms with Crippen molar-refractivity contribution >= 4 is 17.6 Å². The van der Waals surface area contributed by atoms with E-state index in [1.54, 1.807) is 23.7 Å². The largest absolute Gasteiger partial charge is 0.410 e. The molecule has 38 heavy (non-hydrogen) atoms. The van der Waals surface area contributed by atoms with Crippen molar-refractivity contribution in [3.05, 3.63) is 41.1 Å². The summed E-state index contributed by atoms with van der Waals surface area (Å²) in [5.41, 5.74) is 2.18. The highest BCUT2D eigenvalue weighted by Crippen LogP contribution is 2.50. The van der Waals surface area contributed by atoms with E-state index in [1.807, 2.05) is 5.32 Å². The minimum atomic E-state index is -4.51. The van der Waals surface area contributed by atoms with Gasteiger partial charge in [0.05, 0.1) is 30.7 Å². The molecule has 0 spiro atoms. The van der Waals surface area contributed by atoms with Gasteiger partial charge < -0.3 is 15.5 Å². The average molecular weight is 533 g/mol. The van der Waals surface area contributed by atoms with Gasteiger partial charge in [0.2, 0.25) is 0 Å². The summed E-state index contributed by atoms with van der Waals surface area (Å²) < 4.78 is 45.4. The molecular weight excluding hydrogens is 505 g/mol. The fraction of sp³-hybridized carbons (Fsp3) is 0.583. The first-order valence-corrected chi connectivity index (χ1v) is 12.7. The van der Waals surface area contributed by atoms with Gasteiger partial charge in [0, 0.05) is 6.54 Å². The lowest BCUT2D eigenvalue weighted by Crippen LogP contribution is -2.40. The Morgan fingerprint density at radius 2 is 2.03 bits per heavy atom. The molecule has 14 heteroatoms. The number of urea groups is 1. The monoisotopic (exact) mass is 532 g/mol. The van der Waals surface area contributed by atoms with Crippen LogP contribution in [0.25, 0.3) is 5.65 Å². The number of carbonyl (C=O) groups excluding carboxylic acids is 2. The number of hydrogen-bond acceptors (Lipinski definition) is 7. The fourth-order valence-corrected chi connectivity index (χ4v) is 6.26. The van der Waals surface area contributed by atoms with Gasteiger partial charge in [0.15, 0.2) is 11.3 Å². The van der Waals surface area contributed by atoms with Gasteiger partial charge in [0.25, 0.3) is 5.91 Å². The summed E-state index contributed by atoms with van der Waals surface area (Å²) in [7, 11) is 0. The van der Waals surface area contributed by atoms with Crippen LogP contribution >= 0.6 is 0 Å². The lowest BCUT2D eigenvalue weighted by atomic mass is 9.92. The zero-order valence-electron chi connectivity index (χ0n) is 20.6. The molecule has 2 N–H and O–H groups in total. The van der Waals surface area contributed by atoms with Crippen LogP contribution < -0.4 is 10.6 Å². The van der Waals surface area contributed by atoms with Crippen LogP contribution in [-0.2, 0) is 6.54 Å². The van der Waals surface area contributed by atoms with E-state index in [-0.39, 0.29) is 24.2 Å². The highest BCUT2D eigenvalue weighted by molar-refractivity contribution is 5.93. The quantitative estimate of drug-likeness (QED) is 0.499. The zero-order valence-corrected chi connectivity index (χ0v) is 20.6. The summed E-state index contributed by atoms with van der Waals surface area (Å²) in [5, 5.41) is 16.9. The summed E-state index contributed by atoms with van der Waals surface area (Å²) in [6.45, 7) is 1.14. The Hall–Kier alpha value is -3.71. The molecule has 3 aromatic rings. The molecule has 3 aromatic heterocycles. The predicted octanol–water partition coefficient (Wildman–Crippen LogP) is 3.17. The molecule has 3 fully saturated rings. The van der Waals surface area contributed by atoms with Gasteiger partial charge >= 0.3 is 12.2 Å². The Morgan fingerprint density at radius 1 is 1.26 bits per heavy atom. The third kappa shape index (κ3) is 4.56. The van der Waals surface area contributed by atoms with Crippen LogP contribution in [0.1, 0.15) is 65.6 Å². The summed E-state index contributed by atoms with van der Waals surface area (Å²) in [6, 6.07) is -1.36. The molecule has 0 radical (unpaired) electrons. The number of fused-ring (bicyclic) bond motifs is 2. The molecule has 4 heterocycles. The summed E-state index contributed by atoms with van der Waals surface area (Å²) in [4.78, 5) is 31.0. The number of halogens is 3. The molecular formula is C24H27F3N8O3. The van der Waals surface area contributed by atoms with Crippen LogP contribution in [0, 0.1) is 24.7 Å². The molecule has 2 saturated carbocycles. The first-order chi connectivity index (χ1) is 18.2. The molecule has 1 unspecified atom stereocenters. The third-order valence-electron chi connectivity index (χ3n) is 8.12.